The molecule has 32 heavy (non-hydrogen) atoms. The van der Waals surface area contributed by atoms with Gasteiger partial charge in [-0.15, -0.1) is 0 Å². The number of halogens is 1. The summed E-state index contributed by atoms with van der Waals surface area (Å²) in [5.74, 6) is 0.201. The van der Waals surface area contributed by atoms with Crippen molar-refractivity contribution in [3.05, 3.63) is 89.9 Å². The molecule has 3 rings (SSSR count). The lowest BCUT2D eigenvalue weighted by atomic mass is 10.0. The lowest BCUT2D eigenvalue weighted by Gasteiger charge is -2.19. The van der Waals surface area contributed by atoms with Gasteiger partial charge in [0.15, 0.2) is 0 Å². The van der Waals surface area contributed by atoms with Crippen LogP contribution in [0.4, 0.5) is 4.39 Å². The minimum Gasteiger partial charge on any atom is -0.439 e. The van der Waals surface area contributed by atoms with Crippen molar-refractivity contribution in [1.82, 2.24) is 15.6 Å². The zero-order chi connectivity index (χ0) is 22.9. The number of pyridine rings is 1. The molecule has 1 unspecified atom stereocenters. The van der Waals surface area contributed by atoms with Gasteiger partial charge in [0.2, 0.25) is 17.7 Å². The topological polar surface area (TPSA) is 80.3 Å². The number of amides is 2. The van der Waals surface area contributed by atoms with Crippen molar-refractivity contribution in [1.29, 1.82) is 0 Å². The molecule has 0 saturated carbocycles. The van der Waals surface area contributed by atoms with Gasteiger partial charge >= 0.3 is 0 Å². The quantitative estimate of drug-likeness (QED) is 0.517. The molecular weight excluding hydrogens is 409 g/mol. The molecule has 0 aliphatic heterocycles. The predicted octanol–water partition coefficient (Wildman–Crippen LogP) is 4.53. The molecule has 0 aliphatic rings. The van der Waals surface area contributed by atoms with Crippen LogP contribution in [0.2, 0.25) is 0 Å². The van der Waals surface area contributed by atoms with Crippen LogP contribution in [0.15, 0.2) is 72.9 Å². The van der Waals surface area contributed by atoms with E-state index in [2.05, 4.69) is 15.6 Å². The fraction of sp³-hybridized carbons (Fsp3) is 0.240. The van der Waals surface area contributed by atoms with E-state index >= 15 is 0 Å². The Bertz CT molecular complexity index is 1020. The Balaban J connectivity index is 1.61. The number of hydrogen-bond acceptors (Lipinski definition) is 4. The number of aromatic nitrogens is 1. The molecule has 3 aromatic rings. The number of benzene rings is 2. The summed E-state index contributed by atoms with van der Waals surface area (Å²) >= 11 is 0. The molecule has 7 heteroatoms. The highest BCUT2D eigenvalue weighted by atomic mass is 19.1. The molecule has 2 amide bonds. The van der Waals surface area contributed by atoms with Crippen LogP contribution < -0.4 is 15.4 Å². The van der Waals surface area contributed by atoms with Crippen LogP contribution in [-0.2, 0) is 16.1 Å². The highest BCUT2D eigenvalue weighted by Crippen LogP contribution is 2.20. The summed E-state index contributed by atoms with van der Waals surface area (Å²) in [5, 5.41) is 5.68. The van der Waals surface area contributed by atoms with Gasteiger partial charge in [-0.1, -0.05) is 50.2 Å². The SMILES string of the molecule is CC(C)CC(=O)NC(C(=O)NCc1ccc(Oc2ccc(F)cc2)nc1)c1ccccc1. The van der Waals surface area contributed by atoms with E-state index in [0.29, 0.717) is 23.6 Å². The minimum absolute atomic E-state index is 0.173. The highest BCUT2D eigenvalue weighted by molar-refractivity contribution is 5.88. The second-order valence-electron chi connectivity index (χ2n) is 7.79. The molecular formula is C25H26FN3O3. The zero-order valence-electron chi connectivity index (χ0n) is 18.0. The van der Waals surface area contributed by atoms with E-state index in [9.17, 15) is 14.0 Å². The van der Waals surface area contributed by atoms with Gasteiger partial charge in [-0.2, -0.15) is 0 Å². The molecule has 1 heterocycles. The molecule has 1 atom stereocenters. The van der Waals surface area contributed by atoms with E-state index < -0.39 is 6.04 Å². The second-order valence-corrected chi connectivity index (χ2v) is 7.79. The summed E-state index contributed by atoms with van der Waals surface area (Å²) < 4.78 is 18.6. The first-order chi connectivity index (χ1) is 15.4. The van der Waals surface area contributed by atoms with Crippen molar-refractivity contribution >= 4 is 11.8 Å². The molecule has 0 fully saturated rings. The van der Waals surface area contributed by atoms with E-state index in [1.54, 1.807) is 18.3 Å². The van der Waals surface area contributed by atoms with Crippen LogP contribution in [0.5, 0.6) is 11.6 Å². The Hall–Kier alpha value is -3.74. The van der Waals surface area contributed by atoms with Crippen LogP contribution in [-0.4, -0.2) is 16.8 Å². The van der Waals surface area contributed by atoms with Gasteiger partial charge in [0, 0.05) is 25.2 Å². The Labute approximate surface area is 186 Å². The maximum absolute atomic E-state index is 13.0. The lowest BCUT2D eigenvalue weighted by molar-refractivity contribution is -0.129. The molecule has 0 aliphatic carbocycles. The zero-order valence-corrected chi connectivity index (χ0v) is 18.0. The molecule has 0 saturated heterocycles. The van der Waals surface area contributed by atoms with Crippen molar-refractivity contribution in [2.24, 2.45) is 5.92 Å². The Morgan fingerprint density at radius 2 is 1.72 bits per heavy atom. The Kier molecular flexibility index (Phi) is 7.91. The smallest absolute Gasteiger partial charge is 0.247 e. The van der Waals surface area contributed by atoms with Crippen molar-refractivity contribution in [3.63, 3.8) is 0 Å². The van der Waals surface area contributed by atoms with Crippen molar-refractivity contribution in [3.8, 4) is 11.6 Å². The molecule has 1 aromatic heterocycles. The van der Waals surface area contributed by atoms with E-state index in [-0.39, 0.29) is 30.1 Å². The summed E-state index contributed by atoms with van der Waals surface area (Å²) in [6.07, 6.45) is 1.93. The fourth-order valence-electron chi connectivity index (χ4n) is 3.03. The first kappa shape index (κ1) is 22.9. The maximum Gasteiger partial charge on any atom is 0.247 e. The summed E-state index contributed by atoms with van der Waals surface area (Å²) in [5.41, 5.74) is 1.48. The summed E-state index contributed by atoms with van der Waals surface area (Å²) in [6, 6.07) is 17.4. The maximum atomic E-state index is 13.0. The Morgan fingerprint density at radius 3 is 2.34 bits per heavy atom. The number of nitrogens with one attached hydrogen (secondary N) is 2. The second kappa shape index (κ2) is 11.0. The summed E-state index contributed by atoms with van der Waals surface area (Å²) in [4.78, 5) is 29.4. The van der Waals surface area contributed by atoms with E-state index in [0.717, 1.165) is 5.56 Å². The molecule has 166 valence electrons. The van der Waals surface area contributed by atoms with Crippen LogP contribution in [0.25, 0.3) is 0 Å². The first-order valence-corrected chi connectivity index (χ1v) is 10.4. The highest BCUT2D eigenvalue weighted by Gasteiger charge is 2.22. The van der Waals surface area contributed by atoms with Gasteiger partial charge in [0.05, 0.1) is 0 Å². The van der Waals surface area contributed by atoms with Gasteiger partial charge in [0.1, 0.15) is 17.6 Å². The van der Waals surface area contributed by atoms with Crippen LogP contribution in [0.3, 0.4) is 0 Å². The third kappa shape index (κ3) is 6.91. The van der Waals surface area contributed by atoms with E-state index in [1.807, 2.05) is 44.2 Å². The van der Waals surface area contributed by atoms with Crippen LogP contribution in [0, 0.1) is 11.7 Å². The molecule has 0 radical (unpaired) electrons. The number of hydrogen-bond donors (Lipinski definition) is 2. The van der Waals surface area contributed by atoms with Gasteiger partial charge in [-0.3, -0.25) is 9.59 Å². The lowest BCUT2D eigenvalue weighted by Crippen LogP contribution is -2.40. The average molecular weight is 435 g/mol. The first-order valence-electron chi connectivity index (χ1n) is 10.4. The fourth-order valence-corrected chi connectivity index (χ4v) is 3.03. The van der Waals surface area contributed by atoms with Crippen molar-refractivity contribution in [2.45, 2.75) is 32.9 Å². The van der Waals surface area contributed by atoms with Gasteiger partial charge in [-0.25, -0.2) is 9.37 Å². The number of carbonyl (C=O) groups is 2. The number of carbonyl (C=O) groups excluding carboxylic acids is 2. The van der Waals surface area contributed by atoms with Crippen LogP contribution in [0.1, 0.15) is 37.4 Å². The van der Waals surface area contributed by atoms with Crippen molar-refractivity contribution in [2.75, 3.05) is 0 Å². The molecule has 0 spiro atoms. The van der Waals surface area contributed by atoms with E-state index in [4.69, 9.17) is 4.74 Å². The molecule has 2 N–H and O–H groups in total. The number of ether oxygens (including phenoxy) is 1. The summed E-state index contributed by atoms with van der Waals surface area (Å²) in [7, 11) is 0. The van der Waals surface area contributed by atoms with Crippen molar-refractivity contribution < 1.29 is 18.7 Å². The molecule has 2 aromatic carbocycles. The average Bonchev–Trinajstić information content (AvgIpc) is 2.78. The largest absolute Gasteiger partial charge is 0.439 e. The third-order valence-electron chi connectivity index (χ3n) is 4.59. The van der Waals surface area contributed by atoms with E-state index in [1.165, 1.54) is 24.3 Å². The number of nitrogens with zero attached hydrogens (tertiary/aromatic N) is 1. The third-order valence-corrected chi connectivity index (χ3v) is 4.59. The van der Waals surface area contributed by atoms with Gasteiger partial charge < -0.3 is 15.4 Å². The summed E-state index contributed by atoms with van der Waals surface area (Å²) in [6.45, 7) is 4.15. The molecule has 6 nitrogen and oxygen atoms in total. The predicted molar refractivity (Wildman–Crippen MR) is 119 cm³/mol. The van der Waals surface area contributed by atoms with Gasteiger partial charge in [0.25, 0.3) is 0 Å². The number of rotatable bonds is 9. The van der Waals surface area contributed by atoms with Crippen LogP contribution >= 0.6 is 0 Å². The normalized spacial score (nSPS) is 11.6. The van der Waals surface area contributed by atoms with Gasteiger partial charge in [-0.05, 0) is 41.3 Å². The standard InChI is InChI=1S/C25H26FN3O3/c1-17(2)14-22(30)29-24(19-6-4-3-5-7-19)25(31)28-16-18-8-13-23(27-15-18)32-21-11-9-20(26)10-12-21/h3-13,15,17,24H,14,16H2,1-2H3,(H,28,31)(H,29,30). The molecule has 0 bridgehead atoms. The monoisotopic (exact) mass is 435 g/mol. The minimum atomic E-state index is -0.781. The Morgan fingerprint density at radius 1 is 1.00 bits per heavy atom.